The lowest BCUT2D eigenvalue weighted by Crippen LogP contribution is -2.47. The summed E-state index contributed by atoms with van der Waals surface area (Å²) in [5.74, 6) is -0.339. The molecule has 1 atom stereocenters. The Bertz CT molecular complexity index is 960. The van der Waals surface area contributed by atoms with Gasteiger partial charge in [0, 0.05) is 37.2 Å². The maximum Gasteiger partial charge on any atom is 0.416 e. The number of nitrogens with zero attached hydrogens (tertiary/aromatic N) is 1. The van der Waals surface area contributed by atoms with Crippen LogP contribution >= 0.6 is 0 Å². The second-order valence-electron chi connectivity index (χ2n) is 8.35. The van der Waals surface area contributed by atoms with E-state index in [2.05, 4.69) is 10.6 Å². The third-order valence-electron chi connectivity index (χ3n) is 5.50. The lowest BCUT2D eigenvalue weighted by atomic mass is 9.89. The predicted octanol–water partition coefficient (Wildman–Crippen LogP) is 4.93. The third-order valence-corrected chi connectivity index (χ3v) is 5.50. The number of likely N-dealkylation sites (tertiary alicyclic amines) is 1. The number of carbonyl (C=O) groups is 2. The molecule has 5 nitrogen and oxygen atoms in total. The van der Waals surface area contributed by atoms with Crippen LogP contribution in [0.25, 0.3) is 0 Å². The predicted molar refractivity (Wildman–Crippen MR) is 116 cm³/mol. The zero-order valence-electron chi connectivity index (χ0n) is 18.2. The monoisotopic (exact) mass is 447 g/mol. The summed E-state index contributed by atoms with van der Waals surface area (Å²) >= 11 is 0. The van der Waals surface area contributed by atoms with Crippen molar-refractivity contribution in [3.63, 3.8) is 0 Å². The topological polar surface area (TPSA) is 61.4 Å². The SMILES string of the molecule is CC(C)NC(=O)N1CCC[C@@H](c2cccc(C(=O)NCc3ccccc3C(F)(F)F)c2)C1. The van der Waals surface area contributed by atoms with Crippen molar-refractivity contribution in [2.45, 2.75) is 51.4 Å². The molecule has 1 aliphatic rings. The van der Waals surface area contributed by atoms with E-state index in [1.807, 2.05) is 19.9 Å². The van der Waals surface area contributed by atoms with Crippen molar-refractivity contribution in [2.75, 3.05) is 13.1 Å². The van der Waals surface area contributed by atoms with Gasteiger partial charge in [-0.1, -0.05) is 30.3 Å². The van der Waals surface area contributed by atoms with Crippen molar-refractivity contribution >= 4 is 11.9 Å². The smallest absolute Gasteiger partial charge is 0.348 e. The van der Waals surface area contributed by atoms with Crippen molar-refractivity contribution in [2.24, 2.45) is 0 Å². The van der Waals surface area contributed by atoms with Gasteiger partial charge in [-0.25, -0.2) is 4.79 Å². The molecule has 2 aromatic carbocycles. The van der Waals surface area contributed by atoms with E-state index in [-0.39, 0.29) is 30.1 Å². The van der Waals surface area contributed by atoms with Gasteiger partial charge in [0.2, 0.25) is 0 Å². The van der Waals surface area contributed by atoms with Crippen LogP contribution in [0.2, 0.25) is 0 Å². The molecule has 0 bridgehead atoms. The van der Waals surface area contributed by atoms with Gasteiger partial charge in [0.25, 0.3) is 5.91 Å². The van der Waals surface area contributed by atoms with Crippen LogP contribution in [0, 0.1) is 0 Å². The summed E-state index contributed by atoms with van der Waals surface area (Å²) in [5, 5.41) is 5.50. The highest BCUT2D eigenvalue weighted by molar-refractivity contribution is 5.94. The molecule has 0 spiro atoms. The first-order chi connectivity index (χ1) is 15.1. The Morgan fingerprint density at radius 1 is 1.12 bits per heavy atom. The average Bonchev–Trinajstić information content (AvgIpc) is 2.77. The van der Waals surface area contributed by atoms with Crippen LogP contribution in [0.3, 0.4) is 0 Å². The number of rotatable bonds is 5. The molecule has 8 heteroatoms. The maximum absolute atomic E-state index is 13.2. The summed E-state index contributed by atoms with van der Waals surface area (Å²) in [5.41, 5.74) is 0.589. The van der Waals surface area contributed by atoms with Gasteiger partial charge in [-0.2, -0.15) is 13.2 Å². The zero-order valence-corrected chi connectivity index (χ0v) is 18.2. The minimum atomic E-state index is -4.48. The third kappa shape index (κ3) is 6.02. The first kappa shape index (κ1) is 23.6. The quantitative estimate of drug-likeness (QED) is 0.683. The minimum absolute atomic E-state index is 0.0172. The number of piperidine rings is 1. The van der Waals surface area contributed by atoms with Crippen molar-refractivity contribution in [1.82, 2.24) is 15.5 Å². The molecule has 32 heavy (non-hydrogen) atoms. The Morgan fingerprint density at radius 2 is 1.88 bits per heavy atom. The van der Waals surface area contributed by atoms with E-state index in [0.29, 0.717) is 18.7 Å². The Morgan fingerprint density at radius 3 is 2.59 bits per heavy atom. The van der Waals surface area contributed by atoms with Gasteiger partial charge in [-0.3, -0.25) is 4.79 Å². The van der Waals surface area contributed by atoms with Crippen LogP contribution in [0.4, 0.5) is 18.0 Å². The Hall–Kier alpha value is -3.03. The molecular formula is C24H28F3N3O2. The molecule has 0 aromatic heterocycles. The maximum atomic E-state index is 13.2. The molecule has 1 aliphatic heterocycles. The number of hydrogen-bond acceptors (Lipinski definition) is 2. The van der Waals surface area contributed by atoms with Crippen molar-refractivity contribution < 1.29 is 22.8 Å². The zero-order chi connectivity index (χ0) is 23.3. The van der Waals surface area contributed by atoms with Gasteiger partial charge in [-0.05, 0) is 56.0 Å². The van der Waals surface area contributed by atoms with E-state index < -0.39 is 17.6 Å². The standard InChI is InChI=1S/C24H28F3N3O2/c1-16(2)29-23(32)30-12-6-10-20(15-30)17-8-5-9-18(13-17)22(31)28-14-19-7-3-4-11-21(19)24(25,26)27/h3-5,7-9,11,13,16,20H,6,10,12,14-15H2,1-2H3,(H,28,31)(H,29,32)/t20-/m1/s1. The second kappa shape index (κ2) is 10.1. The fourth-order valence-electron chi connectivity index (χ4n) is 3.93. The molecule has 0 radical (unpaired) electrons. The van der Waals surface area contributed by atoms with Gasteiger partial charge in [0.05, 0.1) is 5.56 Å². The van der Waals surface area contributed by atoms with Gasteiger partial charge in [0.1, 0.15) is 0 Å². The molecule has 2 aromatic rings. The highest BCUT2D eigenvalue weighted by atomic mass is 19.4. The van der Waals surface area contributed by atoms with E-state index in [4.69, 9.17) is 0 Å². The average molecular weight is 448 g/mol. The summed E-state index contributed by atoms with van der Waals surface area (Å²) in [7, 11) is 0. The highest BCUT2D eigenvalue weighted by Crippen LogP contribution is 2.32. The first-order valence-electron chi connectivity index (χ1n) is 10.7. The second-order valence-corrected chi connectivity index (χ2v) is 8.35. The van der Waals surface area contributed by atoms with Gasteiger partial charge in [0.15, 0.2) is 0 Å². The van der Waals surface area contributed by atoms with Crippen LogP contribution in [0.1, 0.15) is 59.7 Å². The molecule has 1 saturated heterocycles. The Kier molecular flexibility index (Phi) is 7.43. The summed E-state index contributed by atoms with van der Waals surface area (Å²) in [4.78, 5) is 26.8. The Balaban J connectivity index is 1.67. The van der Waals surface area contributed by atoms with E-state index >= 15 is 0 Å². The summed E-state index contributed by atoms with van der Waals surface area (Å²) < 4.78 is 39.5. The summed E-state index contributed by atoms with van der Waals surface area (Å²) in [6.07, 6.45) is -2.72. The van der Waals surface area contributed by atoms with E-state index in [0.717, 1.165) is 24.5 Å². The minimum Gasteiger partial charge on any atom is -0.348 e. The summed E-state index contributed by atoms with van der Waals surface area (Å²) in [6.45, 7) is 4.85. The number of halogens is 3. The van der Waals surface area contributed by atoms with Gasteiger partial charge < -0.3 is 15.5 Å². The molecule has 3 rings (SSSR count). The number of hydrogen-bond donors (Lipinski definition) is 2. The van der Waals surface area contributed by atoms with Crippen LogP contribution in [-0.4, -0.2) is 36.0 Å². The molecule has 172 valence electrons. The fraction of sp³-hybridized carbons (Fsp3) is 0.417. The summed E-state index contributed by atoms with van der Waals surface area (Å²) in [6, 6.07) is 12.3. The number of urea groups is 1. The van der Waals surface area contributed by atoms with Crippen molar-refractivity contribution in [3.8, 4) is 0 Å². The van der Waals surface area contributed by atoms with E-state index in [1.165, 1.54) is 18.2 Å². The van der Waals surface area contributed by atoms with Crippen molar-refractivity contribution in [1.29, 1.82) is 0 Å². The van der Waals surface area contributed by atoms with Crippen LogP contribution in [0.5, 0.6) is 0 Å². The van der Waals surface area contributed by atoms with Crippen LogP contribution in [0.15, 0.2) is 48.5 Å². The highest BCUT2D eigenvalue weighted by Gasteiger charge is 2.33. The number of amides is 3. The number of alkyl halides is 3. The van der Waals surface area contributed by atoms with Crippen LogP contribution < -0.4 is 10.6 Å². The number of nitrogens with one attached hydrogen (secondary N) is 2. The Labute approximate surface area is 186 Å². The van der Waals surface area contributed by atoms with E-state index in [9.17, 15) is 22.8 Å². The molecule has 0 saturated carbocycles. The first-order valence-corrected chi connectivity index (χ1v) is 10.7. The normalized spacial score (nSPS) is 16.7. The lowest BCUT2D eigenvalue weighted by Gasteiger charge is -2.33. The van der Waals surface area contributed by atoms with Gasteiger partial charge >= 0.3 is 12.2 Å². The molecule has 3 amide bonds. The number of benzene rings is 2. The molecule has 0 unspecified atom stereocenters. The fourth-order valence-corrected chi connectivity index (χ4v) is 3.93. The lowest BCUT2D eigenvalue weighted by molar-refractivity contribution is -0.138. The van der Waals surface area contributed by atoms with E-state index in [1.54, 1.807) is 23.1 Å². The van der Waals surface area contributed by atoms with Crippen LogP contribution in [-0.2, 0) is 12.7 Å². The van der Waals surface area contributed by atoms with Gasteiger partial charge in [-0.15, -0.1) is 0 Å². The molecule has 1 heterocycles. The largest absolute Gasteiger partial charge is 0.416 e. The molecule has 1 fully saturated rings. The van der Waals surface area contributed by atoms with Crippen molar-refractivity contribution in [3.05, 3.63) is 70.8 Å². The molecule has 0 aliphatic carbocycles. The molecular weight excluding hydrogens is 419 g/mol. The number of carbonyl (C=O) groups excluding carboxylic acids is 2. The molecule has 2 N–H and O–H groups in total.